The van der Waals surface area contributed by atoms with Gasteiger partial charge in [0.05, 0.1) is 50.8 Å². The molecule has 5 aliphatic heterocycles. The molecule has 9 rings (SSSR count). The molecule has 26 heteroatoms. The lowest BCUT2D eigenvalue weighted by molar-refractivity contribution is -0.378. The van der Waals surface area contributed by atoms with Gasteiger partial charge in [-0.25, -0.2) is 0 Å². The molecular weight excluding hydrogens is 1110 g/mol. The molecular formula is C58H98O26. The topological polar surface area (TPSA) is 416 Å². The van der Waals surface area contributed by atoms with Gasteiger partial charge in [0.1, 0.15) is 110 Å². The van der Waals surface area contributed by atoms with E-state index >= 15 is 0 Å². The van der Waals surface area contributed by atoms with Crippen LogP contribution in [0.25, 0.3) is 0 Å². The van der Waals surface area contributed by atoms with Crippen LogP contribution in [-0.2, 0) is 47.4 Å². The molecule has 84 heavy (non-hydrogen) atoms. The van der Waals surface area contributed by atoms with Crippen LogP contribution in [0.4, 0.5) is 0 Å². The Morgan fingerprint density at radius 2 is 1.06 bits per heavy atom. The first kappa shape index (κ1) is 67.1. The van der Waals surface area contributed by atoms with E-state index in [-0.39, 0.29) is 34.5 Å². The summed E-state index contributed by atoms with van der Waals surface area (Å²) in [5, 5.41) is 174. The van der Waals surface area contributed by atoms with Crippen LogP contribution in [0.15, 0.2) is 11.6 Å². The zero-order valence-corrected chi connectivity index (χ0v) is 49.5. The molecule has 26 nitrogen and oxygen atoms in total. The highest BCUT2D eigenvalue weighted by Gasteiger charge is 2.72. The molecule has 5 saturated heterocycles. The quantitative estimate of drug-likeness (QED) is 0.0477. The van der Waals surface area contributed by atoms with Crippen molar-refractivity contribution in [1.29, 1.82) is 0 Å². The smallest absolute Gasteiger partial charge is 0.187 e. The Kier molecular flexibility index (Phi) is 20.6. The van der Waals surface area contributed by atoms with Crippen LogP contribution in [0.5, 0.6) is 0 Å². The molecule has 16 N–H and O–H groups in total. The summed E-state index contributed by atoms with van der Waals surface area (Å²) in [7, 11) is 0. The van der Waals surface area contributed by atoms with Crippen molar-refractivity contribution in [2.45, 2.75) is 272 Å². The highest BCUT2D eigenvalue weighted by atomic mass is 16.8. The Hall–Kier alpha value is -1.30. The van der Waals surface area contributed by atoms with E-state index in [0.717, 1.165) is 24.8 Å². The predicted octanol–water partition coefficient (Wildman–Crippen LogP) is -3.10. The number of aliphatic hydroxyl groups excluding tert-OH is 16. The van der Waals surface area contributed by atoms with Crippen LogP contribution >= 0.6 is 0 Å². The third kappa shape index (κ3) is 11.9. The molecule has 5 heterocycles. The van der Waals surface area contributed by atoms with Crippen molar-refractivity contribution in [2.24, 2.45) is 45.3 Å². The molecule has 3 unspecified atom stereocenters. The lowest BCUT2D eigenvalue weighted by Gasteiger charge is -2.71. The third-order valence-corrected chi connectivity index (χ3v) is 22.3. The zero-order valence-electron chi connectivity index (χ0n) is 49.5. The number of ether oxygens (including phenoxy) is 10. The number of hydrogen-bond donors (Lipinski definition) is 16. The Morgan fingerprint density at radius 1 is 0.524 bits per heavy atom. The van der Waals surface area contributed by atoms with Gasteiger partial charge < -0.3 is 129 Å². The first-order valence-corrected chi connectivity index (χ1v) is 30.2. The van der Waals surface area contributed by atoms with Gasteiger partial charge in [0.25, 0.3) is 0 Å². The van der Waals surface area contributed by atoms with Gasteiger partial charge in [0, 0.05) is 0 Å². The average Bonchev–Trinajstić information content (AvgIpc) is 1.32. The standard InChI is InChI=1S/C58H98O26/c1-24(2)10-9-14-58(8,84-51-46(74)42(70)39(67)31(80-51)23-76-52-47(40(68)30(21-61)78-52)82-49-44(72)36(64)27(63)22-75-49)25-11-16-57(7)35(25)26(62)18-33-55(5)15-13-34(54(3,4)32(55)12-17-56(33,57)6)81-53-48(43(71)38(66)29(20-60)79-53)83-50-45(73)41(69)37(65)28(19-59)77-50/h10,25-53,59-74H,9,11-23H2,1-8H3/t25-,26+,27+,28+,29+,30+,31+,32-,33?,34?,35?,36-,37+,38+,39+,40+,41-,42-,43-,44+,45+,46+,47-,48+,49+,50-,51-,52+,53-,55-,56+,57+,58-/m0/s1. The Morgan fingerprint density at radius 3 is 1.70 bits per heavy atom. The summed E-state index contributed by atoms with van der Waals surface area (Å²) in [6.07, 6.45) is -29.8. The monoisotopic (exact) mass is 1210 g/mol. The van der Waals surface area contributed by atoms with Gasteiger partial charge in [-0.2, -0.15) is 0 Å². The van der Waals surface area contributed by atoms with Crippen molar-refractivity contribution < 1.29 is 129 Å². The highest BCUT2D eigenvalue weighted by Crippen LogP contribution is 2.76. The molecule has 0 aromatic heterocycles. The van der Waals surface area contributed by atoms with Crippen molar-refractivity contribution in [2.75, 3.05) is 33.0 Å². The minimum atomic E-state index is -1.83. The molecule has 9 fully saturated rings. The predicted molar refractivity (Wildman–Crippen MR) is 287 cm³/mol. The van der Waals surface area contributed by atoms with Gasteiger partial charge in [-0.3, -0.25) is 0 Å². The van der Waals surface area contributed by atoms with Gasteiger partial charge in [0.2, 0.25) is 0 Å². The molecule has 9 aliphatic rings. The minimum Gasteiger partial charge on any atom is -0.394 e. The number of fused-ring (bicyclic) bond motifs is 5. The molecule has 33 atom stereocenters. The van der Waals surface area contributed by atoms with Crippen molar-refractivity contribution in [3.8, 4) is 0 Å². The maximum Gasteiger partial charge on any atom is 0.187 e. The third-order valence-electron chi connectivity index (χ3n) is 22.3. The van der Waals surface area contributed by atoms with Crippen LogP contribution in [0.1, 0.15) is 113 Å². The molecule has 4 saturated carbocycles. The van der Waals surface area contributed by atoms with Crippen LogP contribution in [0.3, 0.4) is 0 Å². The number of aliphatic hydroxyl groups is 16. The van der Waals surface area contributed by atoms with Crippen molar-refractivity contribution in [3.05, 3.63) is 11.6 Å². The lowest BCUT2D eigenvalue weighted by atomic mass is 9.35. The summed E-state index contributed by atoms with van der Waals surface area (Å²) < 4.78 is 60.9. The second kappa shape index (κ2) is 25.8. The lowest BCUT2D eigenvalue weighted by Crippen LogP contribution is -2.68. The maximum atomic E-state index is 12.9. The highest BCUT2D eigenvalue weighted by molar-refractivity contribution is 5.21. The van der Waals surface area contributed by atoms with E-state index in [9.17, 15) is 81.7 Å². The summed E-state index contributed by atoms with van der Waals surface area (Å²) in [5.74, 6) is -0.565. The minimum absolute atomic E-state index is 0.0176. The van der Waals surface area contributed by atoms with E-state index in [4.69, 9.17) is 47.4 Å². The molecule has 0 amide bonds. The number of hydrogen-bond acceptors (Lipinski definition) is 26. The fourth-order valence-electron chi connectivity index (χ4n) is 17.2. The normalized spacial score (nSPS) is 52.9. The zero-order chi connectivity index (χ0) is 61.5. The molecule has 4 aliphatic carbocycles. The van der Waals surface area contributed by atoms with Gasteiger partial charge in [0.15, 0.2) is 31.5 Å². The van der Waals surface area contributed by atoms with Crippen LogP contribution in [0, 0.1) is 45.3 Å². The summed E-state index contributed by atoms with van der Waals surface area (Å²) in [6, 6.07) is 0. The van der Waals surface area contributed by atoms with E-state index < -0.39 is 203 Å². The van der Waals surface area contributed by atoms with Crippen molar-refractivity contribution in [3.63, 3.8) is 0 Å². The van der Waals surface area contributed by atoms with Crippen molar-refractivity contribution in [1.82, 2.24) is 0 Å². The molecule has 486 valence electrons. The number of rotatable bonds is 18. The largest absolute Gasteiger partial charge is 0.394 e. The molecule has 0 aromatic carbocycles. The molecule has 0 aromatic rings. The summed E-state index contributed by atoms with van der Waals surface area (Å²) in [4.78, 5) is 0. The Labute approximate surface area is 490 Å². The van der Waals surface area contributed by atoms with Gasteiger partial charge in [-0.15, -0.1) is 0 Å². The fraction of sp³-hybridized carbons (Fsp3) is 0.966. The van der Waals surface area contributed by atoms with Crippen LogP contribution < -0.4 is 0 Å². The number of allylic oxidation sites excluding steroid dienone is 2. The molecule has 0 radical (unpaired) electrons. The van der Waals surface area contributed by atoms with Crippen molar-refractivity contribution >= 4 is 0 Å². The molecule has 0 spiro atoms. The summed E-state index contributed by atoms with van der Waals surface area (Å²) in [5.41, 5.74) is -1.72. The first-order chi connectivity index (χ1) is 39.4. The van der Waals surface area contributed by atoms with E-state index in [0.29, 0.717) is 38.5 Å². The van der Waals surface area contributed by atoms with Crippen LogP contribution in [0.2, 0.25) is 0 Å². The SMILES string of the molecule is CC(C)=CCC[C@](C)(O[C@@H]1O[C@H](CO[C@@H]2O[C@H](CO)[C@@H](O)[C@@H]2O[C@H]2OC[C@@H](O)[C@H](O)[C@H]2O)[C@@H](O)[C@H](O)[C@H]1O)[C@H]1CC[C@]2(C)C1[C@H](O)CC1[C@@]3(C)CCC(O[C@@H]4O[C@H](CO)[C@@H](O)[C@H](O)[C@H]4O[C@@H]4O[C@H](CO)[C@@H](O)[C@H](O)[C@H]4O)C(C)(C)[C@@H]3CC[C@]12C. The van der Waals surface area contributed by atoms with E-state index in [1.54, 1.807) is 0 Å². The first-order valence-electron chi connectivity index (χ1n) is 30.2. The van der Waals surface area contributed by atoms with Gasteiger partial charge in [-0.05, 0) is 124 Å². The van der Waals surface area contributed by atoms with E-state index in [1.165, 1.54) is 0 Å². The average molecular weight is 1210 g/mol. The van der Waals surface area contributed by atoms with Crippen LogP contribution in [-0.4, -0.2) is 274 Å². The van der Waals surface area contributed by atoms with Gasteiger partial charge >= 0.3 is 0 Å². The van der Waals surface area contributed by atoms with Gasteiger partial charge in [-0.1, -0.05) is 46.3 Å². The second-order valence-electron chi connectivity index (χ2n) is 27.6. The molecule has 0 bridgehead atoms. The maximum absolute atomic E-state index is 12.9. The summed E-state index contributed by atoms with van der Waals surface area (Å²) >= 11 is 0. The van der Waals surface area contributed by atoms with E-state index in [2.05, 4.69) is 40.7 Å². The summed E-state index contributed by atoms with van der Waals surface area (Å²) in [6.45, 7) is 14.1. The fourth-order valence-corrected chi connectivity index (χ4v) is 17.2. The second-order valence-corrected chi connectivity index (χ2v) is 27.6. The Balaban J connectivity index is 0.918. The Bertz CT molecular complexity index is 2210. The van der Waals surface area contributed by atoms with E-state index in [1.807, 2.05) is 20.8 Å².